The van der Waals surface area contributed by atoms with E-state index in [-0.39, 0.29) is 0 Å². The first-order valence-electron chi connectivity index (χ1n) is 6.76. The van der Waals surface area contributed by atoms with Crippen LogP contribution in [0.4, 0.5) is 0 Å². The lowest BCUT2D eigenvalue weighted by molar-refractivity contribution is -0.0191. The Morgan fingerprint density at radius 2 is 2.25 bits per heavy atom. The molecule has 3 nitrogen and oxygen atoms in total. The number of hydrogen-bond acceptors (Lipinski definition) is 3. The third-order valence-corrected chi connectivity index (χ3v) is 3.28. The van der Waals surface area contributed by atoms with E-state index in [2.05, 4.69) is 31.1 Å². The minimum atomic E-state index is 0.382. The van der Waals surface area contributed by atoms with Gasteiger partial charge in [0.1, 0.15) is 0 Å². The number of ether oxygens (including phenoxy) is 1. The largest absolute Gasteiger partial charge is 0.374 e. The van der Waals surface area contributed by atoms with E-state index in [0.29, 0.717) is 12.1 Å². The fourth-order valence-electron chi connectivity index (χ4n) is 2.13. The summed E-state index contributed by atoms with van der Waals surface area (Å²) in [7, 11) is 2.17. The lowest BCUT2D eigenvalue weighted by Crippen LogP contribution is -2.46. The van der Waals surface area contributed by atoms with Crippen molar-refractivity contribution in [2.75, 3.05) is 33.3 Å². The van der Waals surface area contributed by atoms with Crippen LogP contribution in [0.3, 0.4) is 0 Å². The van der Waals surface area contributed by atoms with Gasteiger partial charge in [-0.15, -0.1) is 0 Å². The Labute approximate surface area is 101 Å². The zero-order valence-electron chi connectivity index (χ0n) is 11.2. The molecule has 0 amide bonds. The number of likely N-dealkylation sites (N-methyl/N-ethyl adjacent to an activating group) is 1. The van der Waals surface area contributed by atoms with E-state index in [1.807, 2.05) is 0 Å². The van der Waals surface area contributed by atoms with Crippen molar-refractivity contribution in [1.29, 1.82) is 0 Å². The van der Waals surface area contributed by atoms with Crippen LogP contribution >= 0.6 is 0 Å². The molecule has 96 valence electrons. The molecule has 0 aromatic heterocycles. The fraction of sp³-hybridized carbons (Fsp3) is 1.00. The summed E-state index contributed by atoms with van der Waals surface area (Å²) >= 11 is 0. The van der Waals surface area contributed by atoms with E-state index in [9.17, 15) is 0 Å². The molecule has 1 heterocycles. The first-order chi connectivity index (χ1) is 7.72. The molecule has 1 saturated heterocycles. The Morgan fingerprint density at radius 1 is 1.44 bits per heavy atom. The van der Waals surface area contributed by atoms with Gasteiger partial charge < -0.3 is 15.0 Å². The molecule has 0 aromatic carbocycles. The number of morpholine rings is 1. The van der Waals surface area contributed by atoms with Gasteiger partial charge in [0, 0.05) is 25.7 Å². The molecular formula is C13H28N2O. The fourth-order valence-corrected chi connectivity index (χ4v) is 2.13. The van der Waals surface area contributed by atoms with Crippen molar-refractivity contribution >= 4 is 0 Å². The highest BCUT2D eigenvalue weighted by Gasteiger charge is 2.17. The molecule has 1 fully saturated rings. The van der Waals surface area contributed by atoms with Crippen molar-refractivity contribution in [2.45, 2.75) is 51.7 Å². The van der Waals surface area contributed by atoms with E-state index in [0.717, 1.165) is 26.2 Å². The minimum absolute atomic E-state index is 0.382. The number of nitrogens with zero attached hydrogens (tertiary/aromatic N) is 1. The van der Waals surface area contributed by atoms with E-state index in [1.54, 1.807) is 0 Å². The third kappa shape index (κ3) is 5.83. The van der Waals surface area contributed by atoms with Gasteiger partial charge in [-0.1, -0.05) is 26.2 Å². The first-order valence-corrected chi connectivity index (χ1v) is 6.76. The second-order valence-electron chi connectivity index (χ2n) is 5.06. The maximum absolute atomic E-state index is 5.72. The predicted octanol–water partition coefficient (Wildman–Crippen LogP) is 1.88. The average molecular weight is 228 g/mol. The topological polar surface area (TPSA) is 24.5 Å². The summed E-state index contributed by atoms with van der Waals surface area (Å²) in [6, 6.07) is 0.627. The SMILES string of the molecule is CCCCCC(C)NCC1CN(C)CCO1. The molecular weight excluding hydrogens is 200 g/mol. The maximum atomic E-state index is 5.72. The van der Waals surface area contributed by atoms with Gasteiger partial charge in [0.15, 0.2) is 0 Å². The van der Waals surface area contributed by atoms with Crippen molar-refractivity contribution < 1.29 is 4.74 Å². The van der Waals surface area contributed by atoms with Gasteiger partial charge in [0.05, 0.1) is 12.7 Å². The van der Waals surface area contributed by atoms with Crippen LogP contribution in [0.15, 0.2) is 0 Å². The van der Waals surface area contributed by atoms with Gasteiger partial charge in [0.2, 0.25) is 0 Å². The molecule has 0 bridgehead atoms. The molecule has 16 heavy (non-hydrogen) atoms. The molecule has 2 atom stereocenters. The number of hydrogen-bond donors (Lipinski definition) is 1. The van der Waals surface area contributed by atoms with Crippen molar-refractivity contribution in [3.63, 3.8) is 0 Å². The second-order valence-corrected chi connectivity index (χ2v) is 5.06. The van der Waals surface area contributed by atoms with E-state index in [4.69, 9.17) is 4.74 Å². The highest BCUT2D eigenvalue weighted by Crippen LogP contribution is 2.05. The number of unbranched alkanes of at least 4 members (excludes halogenated alkanes) is 2. The van der Waals surface area contributed by atoms with Gasteiger partial charge >= 0.3 is 0 Å². The van der Waals surface area contributed by atoms with Crippen molar-refractivity contribution in [3.05, 3.63) is 0 Å². The van der Waals surface area contributed by atoms with Crippen LogP contribution in [0.2, 0.25) is 0 Å². The molecule has 1 aliphatic heterocycles. The molecule has 0 spiro atoms. The summed E-state index contributed by atoms with van der Waals surface area (Å²) in [5, 5.41) is 3.58. The highest BCUT2D eigenvalue weighted by molar-refractivity contribution is 4.73. The third-order valence-electron chi connectivity index (χ3n) is 3.28. The normalized spacial score (nSPS) is 24.6. The average Bonchev–Trinajstić information content (AvgIpc) is 2.27. The van der Waals surface area contributed by atoms with E-state index >= 15 is 0 Å². The van der Waals surface area contributed by atoms with Crippen molar-refractivity contribution in [1.82, 2.24) is 10.2 Å². The number of rotatable bonds is 7. The second kappa shape index (κ2) is 8.04. The zero-order valence-corrected chi connectivity index (χ0v) is 11.2. The molecule has 3 heteroatoms. The summed E-state index contributed by atoms with van der Waals surface area (Å²) in [4.78, 5) is 2.34. The summed E-state index contributed by atoms with van der Waals surface area (Å²) in [5.41, 5.74) is 0. The van der Waals surface area contributed by atoms with Gasteiger partial charge in [-0.2, -0.15) is 0 Å². The molecule has 0 radical (unpaired) electrons. The Kier molecular flexibility index (Phi) is 7.01. The van der Waals surface area contributed by atoms with Crippen LogP contribution in [0, 0.1) is 0 Å². The molecule has 1 rings (SSSR count). The quantitative estimate of drug-likeness (QED) is 0.673. The summed E-state index contributed by atoms with van der Waals surface area (Å²) in [6.07, 6.45) is 5.68. The lowest BCUT2D eigenvalue weighted by Gasteiger charge is -2.31. The lowest BCUT2D eigenvalue weighted by atomic mass is 10.1. The van der Waals surface area contributed by atoms with E-state index in [1.165, 1.54) is 25.7 Å². The van der Waals surface area contributed by atoms with Crippen LogP contribution in [0.25, 0.3) is 0 Å². The predicted molar refractivity (Wildman–Crippen MR) is 68.8 cm³/mol. The Bertz CT molecular complexity index is 175. The zero-order chi connectivity index (χ0) is 11.8. The van der Waals surface area contributed by atoms with Crippen molar-refractivity contribution in [3.8, 4) is 0 Å². The van der Waals surface area contributed by atoms with Crippen LogP contribution < -0.4 is 5.32 Å². The van der Waals surface area contributed by atoms with Crippen LogP contribution in [-0.4, -0.2) is 50.3 Å². The standard InChI is InChI=1S/C13H28N2O/c1-4-5-6-7-12(2)14-10-13-11-15(3)8-9-16-13/h12-14H,4-11H2,1-3H3. The Balaban J connectivity index is 2.04. The van der Waals surface area contributed by atoms with Crippen molar-refractivity contribution in [2.24, 2.45) is 0 Å². The summed E-state index contributed by atoms with van der Waals surface area (Å²) < 4.78 is 5.72. The van der Waals surface area contributed by atoms with Crippen LogP contribution in [0.5, 0.6) is 0 Å². The first kappa shape index (κ1) is 13.9. The molecule has 0 aliphatic carbocycles. The maximum Gasteiger partial charge on any atom is 0.0826 e. The van der Waals surface area contributed by atoms with Crippen LogP contribution in [-0.2, 0) is 4.74 Å². The molecule has 1 N–H and O–H groups in total. The van der Waals surface area contributed by atoms with Gasteiger partial charge in [-0.3, -0.25) is 0 Å². The van der Waals surface area contributed by atoms with Gasteiger partial charge in [-0.25, -0.2) is 0 Å². The minimum Gasteiger partial charge on any atom is -0.374 e. The molecule has 0 aromatic rings. The van der Waals surface area contributed by atoms with Gasteiger partial charge in [0.25, 0.3) is 0 Å². The summed E-state index contributed by atoms with van der Waals surface area (Å²) in [6.45, 7) is 8.55. The smallest absolute Gasteiger partial charge is 0.0826 e. The molecule has 0 saturated carbocycles. The summed E-state index contributed by atoms with van der Waals surface area (Å²) in [5.74, 6) is 0. The number of nitrogens with one attached hydrogen (secondary N) is 1. The Morgan fingerprint density at radius 3 is 2.94 bits per heavy atom. The van der Waals surface area contributed by atoms with E-state index < -0.39 is 0 Å². The molecule has 2 unspecified atom stereocenters. The Hall–Kier alpha value is -0.120. The highest BCUT2D eigenvalue weighted by atomic mass is 16.5. The van der Waals surface area contributed by atoms with Gasteiger partial charge in [-0.05, 0) is 20.4 Å². The molecule has 1 aliphatic rings. The monoisotopic (exact) mass is 228 g/mol. The van der Waals surface area contributed by atoms with Crippen LogP contribution in [0.1, 0.15) is 39.5 Å².